The van der Waals surface area contributed by atoms with Gasteiger partial charge < -0.3 is 40.9 Å². The molecule has 0 atom stereocenters. The number of amides is 1. The van der Waals surface area contributed by atoms with Crippen LogP contribution in [0.5, 0.6) is 0 Å². The lowest BCUT2D eigenvalue weighted by Crippen LogP contribution is -3.00. The highest BCUT2D eigenvalue weighted by Gasteiger charge is 2.19. The molecule has 0 aromatic rings. The van der Waals surface area contributed by atoms with Crippen LogP contribution in [0.25, 0.3) is 0 Å². The summed E-state index contributed by atoms with van der Waals surface area (Å²) in [6.07, 6.45) is 41.7. The molecule has 0 spiro atoms. The molecule has 0 rings (SSSR count). The predicted molar refractivity (Wildman–Crippen MR) is 239 cm³/mol. The van der Waals surface area contributed by atoms with E-state index in [0.717, 1.165) is 57.9 Å². The number of ether oxygens (including phenoxy) is 2. The average molecular weight is 890 g/mol. The van der Waals surface area contributed by atoms with Gasteiger partial charge in [0.1, 0.15) is 19.8 Å². The Bertz CT molecular complexity index is 922. The Morgan fingerprint density at radius 3 is 1.26 bits per heavy atom. The molecule has 0 unspecified atom stereocenters. The normalized spacial score (nSPS) is 11.7. The van der Waals surface area contributed by atoms with E-state index in [1.54, 1.807) is 4.90 Å². The number of nitrogens with zero attached hydrogens (tertiary/aromatic N) is 2. The third-order valence-corrected chi connectivity index (χ3v) is 11.3. The van der Waals surface area contributed by atoms with Gasteiger partial charge in [-0.15, -0.1) is 0 Å². The number of allylic oxidation sites excluding steroid dienone is 4. The molecular weight excluding hydrogens is 800 g/mol. The Morgan fingerprint density at radius 1 is 0.544 bits per heavy atom. The smallest absolute Gasteiger partial charge is 0.305 e. The fourth-order valence-electron chi connectivity index (χ4n) is 6.51. The van der Waals surface area contributed by atoms with Gasteiger partial charge in [-0.1, -0.05) is 153 Å². The third-order valence-electron chi connectivity index (χ3n) is 10.4. The Labute approximate surface area is 366 Å². The van der Waals surface area contributed by atoms with Gasteiger partial charge in [0.2, 0.25) is 0 Å². The van der Waals surface area contributed by atoms with Gasteiger partial charge in [0.25, 0.3) is 5.24 Å². The summed E-state index contributed by atoms with van der Waals surface area (Å²) in [5.41, 5.74) is 0. The van der Waals surface area contributed by atoms with Gasteiger partial charge >= 0.3 is 11.9 Å². The van der Waals surface area contributed by atoms with Crippen molar-refractivity contribution in [1.82, 2.24) is 4.90 Å². The van der Waals surface area contributed by atoms with Crippen LogP contribution in [0.2, 0.25) is 0 Å². The number of likely N-dealkylation sites (N-methyl/N-ethyl adjacent to an activating group) is 1. The van der Waals surface area contributed by atoms with Crippen molar-refractivity contribution < 1.29 is 50.4 Å². The first kappa shape index (κ1) is 57.7. The summed E-state index contributed by atoms with van der Waals surface area (Å²) in [7, 11) is 4.06. The summed E-state index contributed by atoms with van der Waals surface area (Å²) < 4.78 is 11.6. The highest BCUT2D eigenvalue weighted by Crippen LogP contribution is 2.14. The van der Waals surface area contributed by atoms with Gasteiger partial charge in [-0.25, -0.2) is 0 Å². The largest absolute Gasteiger partial charge is 1.00 e. The number of rotatable bonds is 41. The average Bonchev–Trinajstić information content (AvgIpc) is 3.17. The number of quaternary nitrogens is 1. The first-order valence-electron chi connectivity index (χ1n) is 23.2. The quantitative estimate of drug-likeness (QED) is 0.0283. The zero-order valence-electron chi connectivity index (χ0n) is 37.4. The van der Waals surface area contributed by atoms with Gasteiger partial charge in [0.05, 0.1) is 46.1 Å². The van der Waals surface area contributed by atoms with Gasteiger partial charge in [-0.05, 0) is 64.2 Å². The highest BCUT2D eigenvalue weighted by molar-refractivity contribution is 8.13. The Hall–Kier alpha value is -1.36. The van der Waals surface area contributed by atoms with Crippen LogP contribution in [0.15, 0.2) is 24.3 Å². The summed E-state index contributed by atoms with van der Waals surface area (Å²) in [6, 6.07) is 0. The number of aliphatic hydroxyl groups is 1. The van der Waals surface area contributed by atoms with Crippen LogP contribution in [-0.2, 0) is 19.1 Å². The molecule has 0 saturated heterocycles. The van der Waals surface area contributed by atoms with E-state index >= 15 is 0 Å². The molecule has 0 aromatic heterocycles. The van der Waals surface area contributed by atoms with Crippen molar-refractivity contribution in [3.05, 3.63) is 24.3 Å². The lowest BCUT2D eigenvalue weighted by Gasteiger charge is -2.29. The first-order chi connectivity index (χ1) is 27.3. The standard InChI is InChI=1S/C47H89N2O6S.BrH/c1-5-7-9-11-13-15-17-19-21-23-25-27-29-31-33-35-45(51)54-42-37-48(47(53)56-44-40-49(3,4)39-41-50)38-43-55-46(52)36-34-32-30-28-26-24-22-20-18-16-14-12-10-8-6-2;/h19-22,50H,5-18,23-44H2,1-4H3;1H/q+1;/p-1. The number of thioether (sulfide) groups is 1. The lowest BCUT2D eigenvalue weighted by molar-refractivity contribution is -0.888. The fraction of sp³-hybridized carbons (Fsp3) is 0.851. The molecule has 0 aliphatic carbocycles. The van der Waals surface area contributed by atoms with E-state index in [1.807, 2.05) is 14.1 Å². The van der Waals surface area contributed by atoms with E-state index in [2.05, 4.69) is 38.2 Å². The van der Waals surface area contributed by atoms with E-state index in [1.165, 1.54) is 127 Å². The molecule has 0 heterocycles. The second kappa shape index (κ2) is 44.2. The maximum Gasteiger partial charge on any atom is 0.305 e. The Kier molecular flexibility index (Phi) is 44.8. The van der Waals surface area contributed by atoms with Crippen molar-refractivity contribution in [2.45, 2.75) is 194 Å². The van der Waals surface area contributed by atoms with Crippen LogP contribution in [0.3, 0.4) is 0 Å². The molecular formula is C47H89BrN2O6S. The van der Waals surface area contributed by atoms with Crippen LogP contribution in [0.1, 0.15) is 194 Å². The molecule has 0 bridgehead atoms. The molecule has 1 amide bonds. The van der Waals surface area contributed by atoms with E-state index in [9.17, 15) is 19.5 Å². The molecule has 0 fully saturated rings. The number of halogens is 1. The van der Waals surface area contributed by atoms with Gasteiger partial charge in [-0.3, -0.25) is 14.4 Å². The second-order valence-corrected chi connectivity index (χ2v) is 17.4. The molecule has 336 valence electrons. The first-order valence-corrected chi connectivity index (χ1v) is 24.2. The number of aliphatic hydroxyl groups excluding tert-OH is 1. The number of carbonyl (C=O) groups is 3. The topological polar surface area (TPSA) is 93.1 Å². The number of hydrogen-bond acceptors (Lipinski definition) is 7. The summed E-state index contributed by atoms with van der Waals surface area (Å²) in [4.78, 5) is 39.6. The van der Waals surface area contributed by atoms with Crippen molar-refractivity contribution in [3.8, 4) is 0 Å². The van der Waals surface area contributed by atoms with Crippen LogP contribution in [0.4, 0.5) is 4.79 Å². The van der Waals surface area contributed by atoms with Gasteiger partial charge in [-0.2, -0.15) is 0 Å². The summed E-state index contributed by atoms with van der Waals surface area (Å²) in [5, 5.41) is 9.21. The molecule has 0 aromatic carbocycles. The minimum absolute atomic E-state index is 0. The zero-order valence-corrected chi connectivity index (χ0v) is 39.8. The number of unbranched alkanes of at least 4 members (excludes halogenated alkanes) is 22. The third kappa shape index (κ3) is 42.6. The number of carbonyl (C=O) groups excluding carboxylic acids is 3. The Balaban J connectivity index is 0. The van der Waals surface area contributed by atoms with Crippen molar-refractivity contribution in [3.63, 3.8) is 0 Å². The number of esters is 2. The van der Waals surface area contributed by atoms with Crippen molar-refractivity contribution in [1.29, 1.82) is 0 Å². The van der Waals surface area contributed by atoms with Crippen LogP contribution in [0, 0.1) is 0 Å². The highest BCUT2D eigenvalue weighted by atomic mass is 79.9. The number of hydrogen-bond donors (Lipinski definition) is 1. The molecule has 0 aliphatic heterocycles. The summed E-state index contributed by atoms with van der Waals surface area (Å²) in [6.45, 7) is 6.77. The van der Waals surface area contributed by atoms with Crippen LogP contribution in [-0.4, -0.2) is 97.5 Å². The molecule has 0 aliphatic rings. The van der Waals surface area contributed by atoms with Crippen molar-refractivity contribution >= 4 is 28.9 Å². The summed E-state index contributed by atoms with van der Waals surface area (Å²) in [5.74, 6) is 0.154. The molecule has 57 heavy (non-hydrogen) atoms. The molecule has 0 radical (unpaired) electrons. The van der Waals surface area contributed by atoms with Crippen molar-refractivity contribution in [2.24, 2.45) is 0 Å². The SMILES string of the molecule is CCCCCCCCC=CCCCCCCCC(=O)OCCN(CCOC(=O)CCCCCCCC=CCCCCCCCC)C(=O)SCC[N+](C)(C)CCO.[Br-]. The molecule has 1 N–H and O–H groups in total. The van der Waals surface area contributed by atoms with E-state index in [4.69, 9.17) is 9.47 Å². The van der Waals surface area contributed by atoms with E-state index in [0.29, 0.717) is 29.6 Å². The van der Waals surface area contributed by atoms with E-state index in [-0.39, 0.29) is 67.1 Å². The maximum absolute atomic E-state index is 13.1. The minimum Gasteiger partial charge on any atom is -1.00 e. The maximum atomic E-state index is 13.1. The monoisotopic (exact) mass is 889 g/mol. The molecule has 10 heteroatoms. The lowest BCUT2D eigenvalue weighted by atomic mass is 10.1. The van der Waals surface area contributed by atoms with Gasteiger partial charge in [0.15, 0.2) is 0 Å². The van der Waals surface area contributed by atoms with Crippen LogP contribution < -0.4 is 17.0 Å². The van der Waals surface area contributed by atoms with Crippen LogP contribution >= 0.6 is 11.8 Å². The Morgan fingerprint density at radius 2 is 0.895 bits per heavy atom. The van der Waals surface area contributed by atoms with Gasteiger partial charge in [0, 0.05) is 12.8 Å². The fourth-order valence-corrected chi connectivity index (χ4v) is 7.64. The predicted octanol–water partition coefficient (Wildman–Crippen LogP) is 9.38. The van der Waals surface area contributed by atoms with E-state index < -0.39 is 0 Å². The zero-order chi connectivity index (χ0) is 41.2. The molecule has 0 saturated carbocycles. The molecule has 8 nitrogen and oxygen atoms in total. The van der Waals surface area contributed by atoms with Crippen molar-refractivity contribution in [2.75, 3.05) is 65.8 Å². The second-order valence-electron chi connectivity index (χ2n) is 16.3. The summed E-state index contributed by atoms with van der Waals surface area (Å²) >= 11 is 1.22. The minimum atomic E-state index is -0.225.